The second-order valence-corrected chi connectivity index (χ2v) is 9.51. The molecule has 1 N–H and O–H groups in total. The van der Waals surface area contributed by atoms with Crippen molar-refractivity contribution in [3.8, 4) is 0 Å². The number of amides is 1. The summed E-state index contributed by atoms with van der Waals surface area (Å²) >= 11 is 0. The molecule has 0 aromatic carbocycles. The molecule has 6 atom stereocenters. The van der Waals surface area contributed by atoms with Gasteiger partial charge in [-0.2, -0.15) is 13.2 Å². The molecule has 1 saturated carbocycles. The van der Waals surface area contributed by atoms with Crippen molar-refractivity contribution in [1.82, 2.24) is 15.2 Å². The van der Waals surface area contributed by atoms with Crippen LogP contribution in [0, 0.1) is 11.8 Å². The highest BCUT2D eigenvalue weighted by atomic mass is 19.4. The fourth-order valence-electron chi connectivity index (χ4n) is 5.82. The minimum atomic E-state index is -4.49. The van der Waals surface area contributed by atoms with Gasteiger partial charge in [-0.05, 0) is 18.1 Å². The minimum absolute atomic E-state index is 0.00537. The average molecular weight is 483 g/mol. The number of alkyl halides is 3. The van der Waals surface area contributed by atoms with Crippen LogP contribution in [0.25, 0.3) is 0 Å². The van der Waals surface area contributed by atoms with E-state index in [2.05, 4.69) is 10.3 Å². The Kier molecular flexibility index (Phi) is 6.28. The molecule has 3 fully saturated rings. The second kappa shape index (κ2) is 9.09. The van der Waals surface area contributed by atoms with E-state index in [0.29, 0.717) is 43.9 Å². The molecule has 11 heteroatoms. The van der Waals surface area contributed by atoms with E-state index < -0.39 is 17.7 Å². The molecule has 1 aliphatic carbocycles. The van der Waals surface area contributed by atoms with Gasteiger partial charge in [-0.3, -0.25) is 14.6 Å². The normalized spacial score (nSPS) is 33.4. The number of halogens is 3. The van der Waals surface area contributed by atoms with Gasteiger partial charge in [0.1, 0.15) is 6.10 Å². The first-order chi connectivity index (χ1) is 16.2. The van der Waals surface area contributed by atoms with E-state index in [-0.39, 0.29) is 55.1 Å². The Morgan fingerprint density at radius 3 is 2.91 bits per heavy atom. The van der Waals surface area contributed by atoms with Crippen LogP contribution in [-0.4, -0.2) is 72.9 Å². The summed E-state index contributed by atoms with van der Waals surface area (Å²) in [5.74, 6) is -1.22. The number of ether oxygens (including phenoxy) is 3. The average Bonchev–Trinajstić information content (AvgIpc) is 3.32. The molecule has 4 heterocycles. The highest BCUT2D eigenvalue weighted by Gasteiger charge is 2.54. The number of pyridine rings is 1. The number of fused-ring (bicyclic) bond motifs is 2. The monoisotopic (exact) mass is 483 g/mol. The van der Waals surface area contributed by atoms with E-state index in [1.165, 1.54) is 0 Å². The van der Waals surface area contributed by atoms with Crippen LogP contribution in [0.2, 0.25) is 0 Å². The van der Waals surface area contributed by atoms with Gasteiger partial charge in [-0.15, -0.1) is 0 Å². The Labute approximate surface area is 195 Å². The smallest absolute Gasteiger partial charge is 0.417 e. The van der Waals surface area contributed by atoms with Crippen molar-refractivity contribution in [2.24, 2.45) is 11.8 Å². The lowest BCUT2D eigenvalue weighted by atomic mass is 9.88. The first-order valence-corrected chi connectivity index (χ1v) is 11.6. The van der Waals surface area contributed by atoms with Gasteiger partial charge < -0.3 is 24.4 Å². The van der Waals surface area contributed by atoms with Gasteiger partial charge in [-0.25, -0.2) is 0 Å². The zero-order valence-electron chi connectivity index (χ0n) is 18.8. The highest BCUT2D eigenvalue weighted by molar-refractivity contribution is 5.83. The zero-order valence-corrected chi connectivity index (χ0v) is 18.8. The molecule has 0 radical (unpaired) electrons. The number of carbonyl (C=O) groups is 2. The van der Waals surface area contributed by atoms with Gasteiger partial charge in [0.05, 0.1) is 30.6 Å². The summed E-state index contributed by atoms with van der Waals surface area (Å²) < 4.78 is 56.1. The van der Waals surface area contributed by atoms with Gasteiger partial charge in [0.25, 0.3) is 0 Å². The Hall–Kier alpha value is -2.24. The molecule has 5 rings (SSSR count). The molecule has 1 aromatic rings. The Morgan fingerprint density at radius 1 is 1.32 bits per heavy atom. The third-order valence-corrected chi connectivity index (χ3v) is 7.54. The van der Waals surface area contributed by atoms with Crippen LogP contribution in [0.5, 0.6) is 0 Å². The summed E-state index contributed by atoms with van der Waals surface area (Å²) in [6, 6.07) is 0.856. The van der Waals surface area contributed by atoms with Gasteiger partial charge in [-0.1, -0.05) is 0 Å². The van der Waals surface area contributed by atoms with Crippen LogP contribution in [-0.2, 0) is 42.9 Å². The zero-order chi connectivity index (χ0) is 24.0. The lowest BCUT2D eigenvalue weighted by molar-refractivity contribution is -0.141. The fraction of sp³-hybridized carbons (Fsp3) is 0.696. The largest absolute Gasteiger partial charge is 0.462 e. The van der Waals surface area contributed by atoms with Crippen LogP contribution >= 0.6 is 0 Å². The van der Waals surface area contributed by atoms with E-state index in [9.17, 15) is 22.8 Å². The van der Waals surface area contributed by atoms with Gasteiger partial charge in [0.2, 0.25) is 5.91 Å². The molecule has 4 aliphatic rings. The van der Waals surface area contributed by atoms with Crippen molar-refractivity contribution in [1.29, 1.82) is 0 Å². The SMILES string of the molecule is COC1COCCC1N[C@@H]1C[C@H]2OC(=O)C[C@H]2[C@@H]1C(=O)N1CCc2ncc(C(F)(F)F)cc2C1. The number of esters is 1. The van der Waals surface area contributed by atoms with Crippen molar-refractivity contribution in [2.75, 3.05) is 26.9 Å². The van der Waals surface area contributed by atoms with Crippen LogP contribution in [0.3, 0.4) is 0 Å². The van der Waals surface area contributed by atoms with Crippen molar-refractivity contribution >= 4 is 11.9 Å². The Balaban J connectivity index is 1.36. The predicted molar refractivity (Wildman–Crippen MR) is 111 cm³/mol. The van der Waals surface area contributed by atoms with E-state index in [0.717, 1.165) is 18.7 Å². The third kappa shape index (κ3) is 4.40. The van der Waals surface area contributed by atoms with E-state index in [4.69, 9.17) is 14.2 Å². The third-order valence-electron chi connectivity index (χ3n) is 7.54. The topological polar surface area (TPSA) is 90.0 Å². The predicted octanol–water partition coefficient (Wildman–Crippen LogP) is 1.70. The number of nitrogens with zero attached hydrogens (tertiary/aromatic N) is 2. The van der Waals surface area contributed by atoms with Gasteiger partial charge in [0, 0.05) is 69.5 Å². The standard InChI is InChI=1S/C23H28F3N3O5/c1-32-19-11-33-5-3-16(19)28-17-8-18-14(7-20(30)34-18)21(17)22(31)29-4-2-15-12(10-29)6-13(9-27-15)23(24,25)26/h6,9,14,16-19,21,28H,2-5,7-8,10-11H2,1H3/t14-,16?,17-,18-,19?,21+/m1/s1. The lowest BCUT2D eigenvalue weighted by Crippen LogP contribution is -2.55. The lowest BCUT2D eigenvalue weighted by Gasteiger charge is -2.37. The molecule has 1 amide bonds. The van der Waals surface area contributed by atoms with Crippen molar-refractivity contribution < 1.29 is 37.0 Å². The maximum atomic E-state index is 13.8. The summed E-state index contributed by atoms with van der Waals surface area (Å²) in [5.41, 5.74) is 0.178. The van der Waals surface area contributed by atoms with E-state index in [1.54, 1.807) is 12.0 Å². The molecular weight excluding hydrogens is 455 g/mol. The molecular formula is C23H28F3N3O5. The number of aromatic nitrogens is 1. The van der Waals surface area contributed by atoms with Crippen LogP contribution in [0.15, 0.2) is 12.3 Å². The van der Waals surface area contributed by atoms with Crippen molar-refractivity contribution in [2.45, 2.75) is 62.7 Å². The molecule has 8 nitrogen and oxygen atoms in total. The molecule has 1 aromatic heterocycles. The second-order valence-electron chi connectivity index (χ2n) is 9.51. The Morgan fingerprint density at radius 2 is 2.15 bits per heavy atom. The molecule has 186 valence electrons. The van der Waals surface area contributed by atoms with Crippen LogP contribution in [0.1, 0.15) is 36.1 Å². The van der Waals surface area contributed by atoms with Crippen molar-refractivity contribution in [3.63, 3.8) is 0 Å². The van der Waals surface area contributed by atoms with Crippen LogP contribution in [0.4, 0.5) is 13.2 Å². The molecule has 0 bridgehead atoms. The molecule has 2 unspecified atom stereocenters. The van der Waals surface area contributed by atoms with Gasteiger partial charge in [0.15, 0.2) is 0 Å². The number of hydrogen-bond donors (Lipinski definition) is 1. The first kappa shape index (κ1) is 23.5. The number of nitrogens with one attached hydrogen (secondary N) is 1. The number of rotatable bonds is 4. The number of methoxy groups -OCH3 is 1. The van der Waals surface area contributed by atoms with Crippen molar-refractivity contribution in [3.05, 3.63) is 29.1 Å². The van der Waals surface area contributed by atoms with E-state index >= 15 is 0 Å². The highest BCUT2D eigenvalue weighted by Crippen LogP contribution is 2.43. The van der Waals surface area contributed by atoms with Crippen LogP contribution < -0.4 is 5.32 Å². The molecule has 2 saturated heterocycles. The Bertz CT molecular complexity index is 958. The maximum absolute atomic E-state index is 13.8. The maximum Gasteiger partial charge on any atom is 0.417 e. The minimum Gasteiger partial charge on any atom is -0.462 e. The summed E-state index contributed by atoms with van der Waals surface area (Å²) in [6.45, 7) is 1.48. The van der Waals surface area contributed by atoms with Gasteiger partial charge >= 0.3 is 12.1 Å². The number of carbonyl (C=O) groups excluding carboxylic acids is 2. The fourth-order valence-corrected chi connectivity index (χ4v) is 5.82. The molecule has 0 spiro atoms. The summed E-state index contributed by atoms with van der Waals surface area (Å²) in [6.07, 6.45) is -2.33. The number of hydrogen-bond acceptors (Lipinski definition) is 7. The summed E-state index contributed by atoms with van der Waals surface area (Å²) in [7, 11) is 1.62. The van der Waals surface area contributed by atoms with E-state index in [1.807, 2.05) is 0 Å². The summed E-state index contributed by atoms with van der Waals surface area (Å²) in [4.78, 5) is 31.3. The quantitative estimate of drug-likeness (QED) is 0.652. The summed E-state index contributed by atoms with van der Waals surface area (Å²) in [5, 5.41) is 3.58. The molecule has 34 heavy (non-hydrogen) atoms. The molecule has 3 aliphatic heterocycles. The first-order valence-electron chi connectivity index (χ1n) is 11.6.